The topological polar surface area (TPSA) is 0 Å². The van der Waals surface area contributed by atoms with Crippen molar-refractivity contribution < 1.29 is 0 Å². The first kappa shape index (κ1) is 7.85. The van der Waals surface area contributed by atoms with Crippen LogP contribution in [-0.4, -0.2) is 0 Å². The predicted molar refractivity (Wildman–Crippen MR) is 52.9 cm³/mol. The molecule has 1 fully saturated rings. The summed E-state index contributed by atoms with van der Waals surface area (Å²) in [6, 6.07) is 0. The second-order valence-corrected chi connectivity index (χ2v) is 4.21. The lowest BCUT2D eigenvalue weighted by Crippen LogP contribution is -2.25. The predicted octanol–water partition coefficient (Wildman–Crippen LogP) is 3.62. The van der Waals surface area contributed by atoms with Gasteiger partial charge in [-0.15, -0.1) is 0 Å². The normalized spacial score (nSPS) is 24.3. The quantitative estimate of drug-likeness (QED) is 0.507. The number of hydrogen-bond donors (Lipinski definition) is 0. The largest absolute Gasteiger partial charge is 0.0739 e. The molecule has 12 heavy (non-hydrogen) atoms. The molecule has 0 heteroatoms. The van der Waals surface area contributed by atoms with E-state index in [0.717, 1.165) is 0 Å². The van der Waals surface area contributed by atoms with E-state index < -0.39 is 0 Å². The molecule has 0 atom stereocenters. The average molecular weight is 160 g/mol. The van der Waals surface area contributed by atoms with E-state index in [2.05, 4.69) is 38.2 Å². The van der Waals surface area contributed by atoms with Crippen LogP contribution in [-0.2, 0) is 0 Å². The molecule has 64 valence electrons. The average Bonchev–Trinajstić information content (AvgIpc) is 2.02. The Morgan fingerprint density at radius 2 is 1.75 bits per heavy atom. The van der Waals surface area contributed by atoms with Crippen LogP contribution in [0.1, 0.15) is 33.1 Å². The monoisotopic (exact) mass is 160 g/mol. The van der Waals surface area contributed by atoms with Crippen molar-refractivity contribution in [1.29, 1.82) is 0 Å². The summed E-state index contributed by atoms with van der Waals surface area (Å²) in [7, 11) is 0. The molecule has 0 amide bonds. The zero-order valence-electron chi connectivity index (χ0n) is 7.93. The number of hydrogen-bond acceptors (Lipinski definition) is 0. The maximum Gasteiger partial charge on any atom is 0.00676 e. The van der Waals surface area contributed by atoms with E-state index in [9.17, 15) is 0 Å². The Balaban J connectivity index is 2.21. The summed E-state index contributed by atoms with van der Waals surface area (Å²) in [6.45, 7) is 4.34. The Labute approximate surface area is 74.7 Å². The smallest absolute Gasteiger partial charge is 0.00676 e. The molecule has 0 radical (unpaired) electrons. The van der Waals surface area contributed by atoms with Crippen molar-refractivity contribution in [3.05, 3.63) is 35.5 Å². The maximum absolute atomic E-state index is 2.39. The third-order valence-electron chi connectivity index (χ3n) is 3.05. The minimum absolute atomic E-state index is 0.471. The molecule has 0 aromatic rings. The molecule has 2 aliphatic carbocycles. The van der Waals surface area contributed by atoms with Gasteiger partial charge in [0, 0.05) is 5.41 Å². The Morgan fingerprint density at radius 3 is 2.08 bits per heavy atom. The summed E-state index contributed by atoms with van der Waals surface area (Å²) in [6.07, 6.45) is 13.5. The van der Waals surface area contributed by atoms with Crippen LogP contribution < -0.4 is 0 Å². The van der Waals surface area contributed by atoms with Gasteiger partial charge in [-0.3, -0.25) is 0 Å². The molecule has 0 bridgehead atoms. The lowest BCUT2D eigenvalue weighted by atomic mass is 9.66. The lowest BCUT2D eigenvalue weighted by molar-refractivity contribution is 0.275. The van der Waals surface area contributed by atoms with Crippen molar-refractivity contribution in [2.45, 2.75) is 33.1 Å². The summed E-state index contributed by atoms with van der Waals surface area (Å²) < 4.78 is 0. The molecule has 0 N–H and O–H groups in total. The van der Waals surface area contributed by atoms with Crippen LogP contribution in [0.2, 0.25) is 0 Å². The van der Waals surface area contributed by atoms with Gasteiger partial charge >= 0.3 is 0 Å². The van der Waals surface area contributed by atoms with Crippen LogP contribution in [0.3, 0.4) is 0 Å². The minimum Gasteiger partial charge on any atom is -0.0739 e. The second kappa shape index (κ2) is 2.62. The van der Waals surface area contributed by atoms with Gasteiger partial charge < -0.3 is 0 Å². The van der Waals surface area contributed by atoms with Gasteiger partial charge in [0.25, 0.3) is 0 Å². The molecule has 0 aromatic heterocycles. The van der Waals surface area contributed by atoms with Gasteiger partial charge in [0.05, 0.1) is 0 Å². The highest BCUT2D eigenvalue weighted by atomic mass is 14.4. The molecule has 2 rings (SSSR count). The van der Waals surface area contributed by atoms with Crippen molar-refractivity contribution >= 4 is 0 Å². The van der Waals surface area contributed by atoms with Crippen molar-refractivity contribution in [3.8, 4) is 0 Å². The number of allylic oxidation sites excluding steroid dienone is 6. The molecule has 1 saturated carbocycles. The van der Waals surface area contributed by atoms with Gasteiger partial charge in [-0.05, 0) is 32.3 Å². The Hall–Kier alpha value is -0.780. The molecule has 1 spiro atoms. The minimum atomic E-state index is 0.471. The highest BCUT2D eigenvalue weighted by Gasteiger charge is 2.32. The summed E-state index contributed by atoms with van der Waals surface area (Å²) in [5, 5.41) is 0. The molecule has 0 nitrogen and oxygen atoms in total. The van der Waals surface area contributed by atoms with Gasteiger partial charge in [-0.25, -0.2) is 0 Å². The fraction of sp³-hybridized carbons (Fsp3) is 0.500. The van der Waals surface area contributed by atoms with Crippen molar-refractivity contribution in [1.82, 2.24) is 0 Å². The van der Waals surface area contributed by atoms with E-state index in [1.165, 1.54) is 30.4 Å². The summed E-state index contributed by atoms with van der Waals surface area (Å²) in [4.78, 5) is 0. The van der Waals surface area contributed by atoms with Crippen molar-refractivity contribution in [2.24, 2.45) is 5.41 Å². The molecule has 0 unspecified atom stereocenters. The van der Waals surface area contributed by atoms with Crippen LogP contribution in [0.4, 0.5) is 0 Å². The number of rotatable bonds is 0. The van der Waals surface area contributed by atoms with Crippen LogP contribution in [0.5, 0.6) is 0 Å². The standard InChI is InChI=1S/C12H16/c1-10(2)11-4-8-12(9-5-11)6-3-7-12/h4-5,8-9H,3,6-7H2,1-2H3. The zero-order valence-corrected chi connectivity index (χ0v) is 7.93. The van der Waals surface area contributed by atoms with Gasteiger partial charge in [-0.2, -0.15) is 0 Å². The summed E-state index contributed by atoms with van der Waals surface area (Å²) in [5.41, 5.74) is 3.28. The molecular formula is C12H16. The van der Waals surface area contributed by atoms with E-state index in [4.69, 9.17) is 0 Å². The molecule has 0 saturated heterocycles. The first-order chi connectivity index (χ1) is 5.72. The van der Waals surface area contributed by atoms with E-state index in [0.29, 0.717) is 5.41 Å². The van der Waals surface area contributed by atoms with Gasteiger partial charge in [0.1, 0.15) is 0 Å². The van der Waals surface area contributed by atoms with Crippen LogP contribution in [0, 0.1) is 5.41 Å². The molecule has 0 aromatic carbocycles. The van der Waals surface area contributed by atoms with Gasteiger partial charge in [-0.1, -0.05) is 36.3 Å². The van der Waals surface area contributed by atoms with Crippen molar-refractivity contribution in [3.63, 3.8) is 0 Å². The van der Waals surface area contributed by atoms with Crippen LogP contribution in [0.15, 0.2) is 35.5 Å². The third kappa shape index (κ3) is 1.16. The Bertz CT molecular complexity index is 250. The van der Waals surface area contributed by atoms with E-state index in [-0.39, 0.29) is 0 Å². The SMILES string of the molecule is CC(C)=C1C=CC2(C=C1)CCC2. The highest BCUT2D eigenvalue weighted by Crippen LogP contribution is 2.45. The third-order valence-corrected chi connectivity index (χ3v) is 3.05. The van der Waals surface area contributed by atoms with E-state index in [1.807, 2.05) is 0 Å². The van der Waals surface area contributed by atoms with Gasteiger partial charge in [0.2, 0.25) is 0 Å². The van der Waals surface area contributed by atoms with Crippen LogP contribution >= 0.6 is 0 Å². The van der Waals surface area contributed by atoms with Gasteiger partial charge in [0.15, 0.2) is 0 Å². The summed E-state index contributed by atoms with van der Waals surface area (Å²) >= 11 is 0. The van der Waals surface area contributed by atoms with E-state index >= 15 is 0 Å². The van der Waals surface area contributed by atoms with Crippen molar-refractivity contribution in [2.75, 3.05) is 0 Å². The maximum atomic E-state index is 2.39. The first-order valence-corrected chi connectivity index (χ1v) is 4.78. The molecular weight excluding hydrogens is 144 g/mol. The van der Waals surface area contributed by atoms with E-state index in [1.54, 1.807) is 0 Å². The van der Waals surface area contributed by atoms with Crippen LogP contribution in [0.25, 0.3) is 0 Å². The lowest BCUT2D eigenvalue weighted by Gasteiger charge is -2.38. The molecule has 0 aliphatic heterocycles. The fourth-order valence-electron chi connectivity index (χ4n) is 1.87. The molecule has 0 heterocycles. The first-order valence-electron chi connectivity index (χ1n) is 4.78. The zero-order chi connectivity index (χ0) is 8.60. The fourth-order valence-corrected chi connectivity index (χ4v) is 1.87. The highest BCUT2D eigenvalue weighted by molar-refractivity contribution is 5.41. The Morgan fingerprint density at radius 1 is 1.17 bits per heavy atom. The Kier molecular flexibility index (Phi) is 1.71. The summed E-state index contributed by atoms with van der Waals surface area (Å²) in [5.74, 6) is 0. The second-order valence-electron chi connectivity index (χ2n) is 4.21. The molecule has 2 aliphatic rings.